The minimum absolute atomic E-state index is 0.235. The fourth-order valence-corrected chi connectivity index (χ4v) is 4.05. The summed E-state index contributed by atoms with van der Waals surface area (Å²) in [6, 6.07) is 12.6. The summed E-state index contributed by atoms with van der Waals surface area (Å²) in [6.07, 6.45) is 6.66. The van der Waals surface area contributed by atoms with Crippen molar-refractivity contribution in [2.45, 2.75) is 44.6 Å². The van der Waals surface area contributed by atoms with E-state index in [0.29, 0.717) is 0 Å². The van der Waals surface area contributed by atoms with Crippen LogP contribution in [0.2, 0.25) is 0 Å². The molecule has 0 bridgehead atoms. The molecule has 2 fully saturated rings. The first-order valence-electron chi connectivity index (χ1n) is 9.46. The molecule has 1 aromatic carbocycles. The minimum Gasteiger partial charge on any atom is -0.353 e. The SMILES string of the molecule is O=C(NC1CCCN(c2cc(-c3ccccc3)[nH]n2)C1)C1CCCC1. The Morgan fingerprint density at radius 2 is 1.92 bits per heavy atom. The third kappa shape index (κ3) is 3.70. The molecule has 5 heteroatoms. The quantitative estimate of drug-likeness (QED) is 0.899. The van der Waals surface area contributed by atoms with Gasteiger partial charge in [-0.2, -0.15) is 5.10 Å². The van der Waals surface area contributed by atoms with Crippen molar-refractivity contribution in [3.05, 3.63) is 36.4 Å². The first kappa shape index (κ1) is 16.2. The van der Waals surface area contributed by atoms with Gasteiger partial charge in [-0.15, -0.1) is 0 Å². The van der Waals surface area contributed by atoms with Crippen molar-refractivity contribution in [1.82, 2.24) is 15.5 Å². The van der Waals surface area contributed by atoms with E-state index in [1.807, 2.05) is 18.2 Å². The maximum atomic E-state index is 12.4. The van der Waals surface area contributed by atoms with Gasteiger partial charge in [0.25, 0.3) is 0 Å². The van der Waals surface area contributed by atoms with E-state index in [0.717, 1.165) is 55.8 Å². The average molecular weight is 338 g/mol. The number of carbonyl (C=O) groups is 1. The van der Waals surface area contributed by atoms with Crippen molar-refractivity contribution < 1.29 is 4.79 Å². The number of rotatable bonds is 4. The van der Waals surface area contributed by atoms with Crippen molar-refractivity contribution in [3.63, 3.8) is 0 Å². The van der Waals surface area contributed by atoms with E-state index in [9.17, 15) is 4.79 Å². The Morgan fingerprint density at radius 1 is 1.12 bits per heavy atom. The molecule has 2 aromatic rings. The Bertz CT molecular complexity index is 705. The van der Waals surface area contributed by atoms with E-state index < -0.39 is 0 Å². The number of aromatic amines is 1. The maximum Gasteiger partial charge on any atom is 0.223 e. The van der Waals surface area contributed by atoms with Crippen LogP contribution in [-0.4, -0.2) is 35.2 Å². The van der Waals surface area contributed by atoms with Gasteiger partial charge in [0, 0.05) is 31.1 Å². The normalized spacial score (nSPS) is 21.4. The van der Waals surface area contributed by atoms with Crippen molar-refractivity contribution >= 4 is 11.7 Å². The Balaban J connectivity index is 1.39. The molecule has 1 aliphatic carbocycles. The number of piperidine rings is 1. The second-order valence-corrected chi connectivity index (χ2v) is 7.28. The average Bonchev–Trinajstić information content (AvgIpc) is 3.35. The molecule has 1 unspecified atom stereocenters. The van der Waals surface area contributed by atoms with Gasteiger partial charge in [0.15, 0.2) is 5.82 Å². The summed E-state index contributed by atoms with van der Waals surface area (Å²) in [7, 11) is 0. The van der Waals surface area contributed by atoms with Gasteiger partial charge < -0.3 is 10.2 Å². The Hall–Kier alpha value is -2.30. The summed E-state index contributed by atoms with van der Waals surface area (Å²) in [4.78, 5) is 14.7. The number of nitrogens with zero attached hydrogens (tertiary/aromatic N) is 2. The van der Waals surface area contributed by atoms with E-state index in [1.165, 1.54) is 12.8 Å². The minimum atomic E-state index is 0.235. The molecule has 2 aliphatic rings. The van der Waals surface area contributed by atoms with Gasteiger partial charge in [-0.05, 0) is 31.2 Å². The molecule has 1 aliphatic heterocycles. The van der Waals surface area contributed by atoms with Crippen molar-refractivity contribution in [2.24, 2.45) is 5.92 Å². The topological polar surface area (TPSA) is 61.0 Å². The van der Waals surface area contributed by atoms with Crippen LogP contribution < -0.4 is 10.2 Å². The summed E-state index contributed by atoms with van der Waals surface area (Å²) < 4.78 is 0. The van der Waals surface area contributed by atoms with Gasteiger partial charge in [-0.1, -0.05) is 43.2 Å². The maximum absolute atomic E-state index is 12.4. The molecule has 0 spiro atoms. The van der Waals surface area contributed by atoms with Crippen LogP contribution in [0.5, 0.6) is 0 Å². The second-order valence-electron chi connectivity index (χ2n) is 7.28. The highest BCUT2D eigenvalue weighted by Crippen LogP contribution is 2.26. The molecule has 2 heterocycles. The highest BCUT2D eigenvalue weighted by atomic mass is 16.2. The lowest BCUT2D eigenvalue weighted by molar-refractivity contribution is -0.125. The summed E-state index contributed by atoms with van der Waals surface area (Å²) in [5.41, 5.74) is 2.18. The van der Waals surface area contributed by atoms with Gasteiger partial charge >= 0.3 is 0 Å². The number of carbonyl (C=O) groups excluding carboxylic acids is 1. The van der Waals surface area contributed by atoms with Crippen LogP contribution in [0.1, 0.15) is 38.5 Å². The number of benzene rings is 1. The third-order valence-corrected chi connectivity index (χ3v) is 5.47. The van der Waals surface area contributed by atoms with Crippen LogP contribution in [0.3, 0.4) is 0 Å². The van der Waals surface area contributed by atoms with Crippen LogP contribution >= 0.6 is 0 Å². The number of anilines is 1. The van der Waals surface area contributed by atoms with Gasteiger partial charge in [-0.25, -0.2) is 0 Å². The largest absolute Gasteiger partial charge is 0.353 e. The van der Waals surface area contributed by atoms with Crippen molar-refractivity contribution in [1.29, 1.82) is 0 Å². The van der Waals surface area contributed by atoms with Crippen LogP contribution in [0.25, 0.3) is 11.3 Å². The molecule has 5 nitrogen and oxygen atoms in total. The Labute approximate surface area is 148 Å². The number of hydrogen-bond acceptors (Lipinski definition) is 3. The molecule has 1 saturated heterocycles. The van der Waals surface area contributed by atoms with E-state index in [-0.39, 0.29) is 17.9 Å². The molecule has 1 amide bonds. The first-order chi connectivity index (χ1) is 12.3. The molecule has 2 N–H and O–H groups in total. The monoisotopic (exact) mass is 338 g/mol. The summed E-state index contributed by atoms with van der Waals surface area (Å²) in [5.74, 6) is 1.47. The number of H-pyrrole nitrogens is 1. The Morgan fingerprint density at radius 3 is 2.72 bits per heavy atom. The fraction of sp³-hybridized carbons (Fsp3) is 0.500. The van der Waals surface area contributed by atoms with Crippen LogP contribution in [-0.2, 0) is 4.79 Å². The molecular weight excluding hydrogens is 312 g/mol. The highest BCUT2D eigenvalue weighted by Gasteiger charge is 2.27. The molecule has 25 heavy (non-hydrogen) atoms. The Kier molecular flexibility index (Phi) is 4.72. The predicted octanol–water partition coefficient (Wildman–Crippen LogP) is 3.35. The lowest BCUT2D eigenvalue weighted by Gasteiger charge is -2.33. The number of aromatic nitrogens is 2. The van der Waals surface area contributed by atoms with E-state index >= 15 is 0 Å². The first-order valence-corrected chi connectivity index (χ1v) is 9.46. The molecular formula is C20H26N4O. The molecule has 0 radical (unpaired) electrons. The number of nitrogens with one attached hydrogen (secondary N) is 2. The molecule has 4 rings (SSSR count). The van der Waals surface area contributed by atoms with Crippen LogP contribution in [0, 0.1) is 5.92 Å². The van der Waals surface area contributed by atoms with Crippen LogP contribution in [0.15, 0.2) is 36.4 Å². The van der Waals surface area contributed by atoms with Crippen LogP contribution in [0.4, 0.5) is 5.82 Å². The number of amides is 1. The van der Waals surface area contributed by atoms with Crippen molar-refractivity contribution in [3.8, 4) is 11.3 Å². The summed E-state index contributed by atoms with van der Waals surface area (Å²) in [6.45, 7) is 1.84. The second kappa shape index (κ2) is 7.30. The highest BCUT2D eigenvalue weighted by molar-refractivity contribution is 5.79. The molecule has 132 valence electrons. The van der Waals surface area contributed by atoms with Gasteiger partial charge in [0.2, 0.25) is 5.91 Å². The smallest absolute Gasteiger partial charge is 0.223 e. The zero-order valence-electron chi connectivity index (χ0n) is 14.6. The molecule has 1 aromatic heterocycles. The lowest BCUT2D eigenvalue weighted by atomic mass is 10.0. The zero-order chi connectivity index (χ0) is 17.1. The van der Waals surface area contributed by atoms with Gasteiger partial charge in [0.05, 0.1) is 5.69 Å². The summed E-state index contributed by atoms with van der Waals surface area (Å²) in [5, 5.41) is 10.9. The number of hydrogen-bond donors (Lipinski definition) is 2. The van der Waals surface area contributed by atoms with E-state index in [4.69, 9.17) is 0 Å². The fourth-order valence-electron chi connectivity index (χ4n) is 4.05. The lowest BCUT2D eigenvalue weighted by Crippen LogP contribution is -2.49. The summed E-state index contributed by atoms with van der Waals surface area (Å²) >= 11 is 0. The molecule has 1 saturated carbocycles. The molecule has 1 atom stereocenters. The van der Waals surface area contributed by atoms with E-state index in [1.54, 1.807) is 0 Å². The van der Waals surface area contributed by atoms with Crippen molar-refractivity contribution in [2.75, 3.05) is 18.0 Å². The van der Waals surface area contributed by atoms with E-state index in [2.05, 4.69) is 38.6 Å². The third-order valence-electron chi connectivity index (χ3n) is 5.47. The predicted molar refractivity (Wildman–Crippen MR) is 99.4 cm³/mol. The standard InChI is InChI=1S/C20H26N4O/c25-20(16-9-4-5-10-16)21-17-11-6-12-24(14-17)19-13-18(22-23-19)15-7-2-1-3-8-15/h1-3,7-8,13,16-17H,4-6,9-12,14H2,(H,21,25)(H,22,23). The van der Waals surface area contributed by atoms with Gasteiger partial charge in [0.1, 0.15) is 0 Å². The zero-order valence-corrected chi connectivity index (χ0v) is 14.6. The van der Waals surface area contributed by atoms with Gasteiger partial charge in [-0.3, -0.25) is 9.89 Å².